The molecule has 2 amide bonds. The van der Waals surface area contributed by atoms with Crippen LogP contribution in [-0.2, 0) is 11.8 Å². The summed E-state index contributed by atoms with van der Waals surface area (Å²) in [6.45, 7) is 10.0. The minimum atomic E-state index is -0.199. The van der Waals surface area contributed by atoms with E-state index in [1.165, 1.54) is 36.0 Å². The van der Waals surface area contributed by atoms with Crippen molar-refractivity contribution in [2.24, 2.45) is 11.3 Å². The number of benzene rings is 2. The minimum absolute atomic E-state index is 0.0583. The van der Waals surface area contributed by atoms with Crippen LogP contribution in [0.4, 0.5) is 10.5 Å². The number of rotatable bonds is 6. The second kappa shape index (κ2) is 9.52. The summed E-state index contributed by atoms with van der Waals surface area (Å²) in [6, 6.07) is 12.4. The van der Waals surface area contributed by atoms with E-state index in [0.717, 1.165) is 12.8 Å². The molecule has 0 saturated heterocycles. The number of methoxy groups -OCH3 is 2. The second-order valence-electron chi connectivity index (χ2n) is 11.0. The van der Waals surface area contributed by atoms with E-state index in [1.807, 2.05) is 6.07 Å². The summed E-state index contributed by atoms with van der Waals surface area (Å²) in [5, 5.41) is 6.14. The first-order valence-electron chi connectivity index (χ1n) is 12.6. The number of anilines is 1. The zero-order chi connectivity index (χ0) is 24.5. The van der Waals surface area contributed by atoms with E-state index in [1.54, 1.807) is 26.4 Å². The van der Waals surface area contributed by atoms with Crippen molar-refractivity contribution >= 4 is 11.7 Å². The number of urea groups is 1. The van der Waals surface area contributed by atoms with Gasteiger partial charge < -0.3 is 20.1 Å². The largest absolute Gasteiger partial charge is 0.497 e. The highest BCUT2D eigenvalue weighted by molar-refractivity contribution is 5.91. The average molecular weight is 465 g/mol. The van der Waals surface area contributed by atoms with Crippen LogP contribution in [0.25, 0.3) is 0 Å². The lowest BCUT2D eigenvalue weighted by atomic mass is 9.49. The van der Waals surface area contributed by atoms with E-state index in [9.17, 15) is 4.79 Å². The fourth-order valence-electron chi connectivity index (χ4n) is 6.57. The molecule has 0 aliphatic heterocycles. The second-order valence-corrected chi connectivity index (χ2v) is 11.0. The normalized spacial score (nSPS) is 25.8. The van der Waals surface area contributed by atoms with E-state index < -0.39 is 0 Å². The molecule has 2 aromatic carbocycles. The lowest BCUT2D eigenvalue weighted by Crippen LogP contribution is -2.53. The standard InChI is InChI=1S/C29H40N2O3/c1-19(2)20-8-11-23-21(16-20)9-13-26-28(3,14-7-15-29(23,26)4)18-30-27(32)31-24-12-10-22(33-5)17-25(24)34-6/h8,10-12,16-17,19,26H,7,9,13-15,18H2,1-6H3,(H2,30,31,32)/t26?,28-,29+/m0/s1. The molecule has 5 heteroatoms. The summed E-state index contributed by atoms with van der Waals surface area (Å²) in [5.41, 5.74) is 5.35. The molecule has 1 unspecified atom stereocenters. The number of aryl methyl sites for hydroxylation is 1. The predicted molar refractivity (Wildman–Crippen MR) is 138 cm³/mol. The highest BCUT2D eigenvalue weighted by Gasteiger charge is 2.51. The highest BCUT2D eigenvalue weighted by atomic mass is 16.5. The molecule has 2 aliphatic carbocycles. The van der Waals surface area contributed by atoms with Crippen LogP contribution in [0.1, 0.15) is 76.0 Å². The molecule has 3 atom stereocenters. The quantitative estimate of drug-likeness (QED) is 0.502. The molecule has 2 N–H and O–H groups in total. The SMILES string of the molecule is COc1ccc(NC(=O)NC[C@]2(C)CCC[C@]3(C)c4ccc(C(C)C)cc4CCC23)c(OC)c1. The van der Waals surface area contributed by atoms with E-state index in [-0.39, 0.29) is 16.9 Å². The van der Waals surface area contributed by atoms with Crippen molar-refractivity contribution in [1.29, 1.82) is 0 Å². The van der Waals surface area contributed by atoms with Gasteiger partial charge in [-0.2, -0.15) is 0 Å². The third-order valence-corrected chi connectivity index (χ3v) is 8.48. The Hall–Kier alpha value is -2.69. The summed E-state index contributed by atoms with van der Waals surface area (Å²) >= 11 is 0. The van der Waals surface area contributed by atoms with Crippen molar-refractivity contribution in [3.8, 4) is 11.5 Å². The van der Waals surface area contributed by atoms with Crippen LogP contribution in [0.3, 0.4) is 0 Å². The first-order valence-corrected chi connectivity index (χ1v) is 12.6. The number of nitrogens with one attached hydrogen (secondary N) is 2. The minimum Gasteiger partial charge on any atom is -0.497 e. The molecule has 0 heterocycles. The van der Waals surface area contributed by atoms with Crippen LogP contribution in [0.2, 0.25) is 0 Å². The Morgan fingerprint density at radius 2 is 1.88 bits per heavy atom. The Morgan fingerprint density at radius 1 is 1.09 bits per heavy atom. The Bertz CT molecular complexity index is 1050. The van der Waals surface area contributed by atoms with Crippen LogP contribution >= 0.6 is 0 Å². The lowest BCUT2D eigenvalue weighted by molar-refractivity contribution is 0.0281. The molecule has 5 nitrogen and oxygen atoms in total. The zero-order valence-electron chi connectivity index (χ0n) is 21.6. The average Bonchev–Trinajstić information content (AvgIpc) is 2.82. The van der Waals surface area contributed by atoms with Crippen LogP contribution in [0.5, 0.6) is 11.5 Å². The Labute approximate surface area is 204 Å². The molecular weight excluding hydrogens is 424 g/mol. The fraction of sp³-hybridized carbons (Fsp3) is 0.552. The van der Waals surface area contributed by atoms with Gasteiger partial charge in [0.15, 0.2) is 0 Å². The zero-order valence-corrected chi connectivity index (χ0v) is 21.6. The molecular formula is C29H40N2O3. The van der Waals surface area contributed by atoms with Crippen molar-refractivity contribution in [2.75, 3.05) is 26.1 Å². The molecule has 0 bridgehead atoms. The van der Waals surface area contributed by atoms with Gasteiger partial charge in [0.1, 0.15) is 11.5 Å². The molecule has 1 saturated carbocycles. The summed E-state index contributed by atoms with van der Waals surface area (Å²) < 4.78 is 10.7. The van der Waals surface area contributed by atoms with Gasteiger partial charge in [-0.25, -0.2) is 4.79 Å². The molecule has 4 rings (SSSR count). The van der Waals surface area contributed by atoms with Gasteiger partial charge in [-0.15, -0.1) is 0 Å². The highest BCUT2D eigenvalue weighted by Crippen LogP contribution is 2.57. The number of amides is 2. The number of carbonyl (C=O) groups excluding carboxylic acids is 1. The summed E-state index contributed by atoms with van der Waals surface area (Å²) in [7, 11) is 3.20. The van der Waals surface area contributed by atoms with Gasteiger partial charge in [-0.1, -0.05) is 52.3 Å². The number of fused-ring (bicyclic) bond motifs is 3. The molecule has 184 valence electrons. The molecule has 2 aliphatic rings. The van der Waals surface area contributed by atoms with Crippen molar-refractivity contribution in [2.45, 2.75) is 71.1 Å². The van der Waals surface area contributed by atoms with Gasteiger partial charge in [0.25, 0.3) is 0 Å². The van der Waals surface area contributed by atoms with Crippen LogP contribution < -0.4 is 20.1 Å². The molecule has 0 radical (unpaired) electrons. The molecule has 34 heavy (non-hydrogen) atoms. The Balaban J connectivity index is 1.48. The molecule has 1 fully saturated rings. The van der Waals surface area contributed by atoms with Gasteiger partial charge in [0.05, 0.1) is 19.9 Å². The third-order valence-electron chi connectivity index (χ3n) is 8.48. The van der Waals surface area contributed by atoms with Crippen molar-refractivity contribution in [3.63, 3.8) is 0 Å². The smallest absolute Gasteiger partial charge is 0.319 e. The van der Waals surface area contributed by atoms with Gasteiger partial charge in [-0.3, -0.25) is 0 Å². The topological polar surface area (TPSA) is 59.6 Å². The fourth-order valence-corrected chi connectivity index (χ4v) is 6.57. The van der Waals surface area contributed by atoms with E-state index in [2.05, 4.69) is 56.5 Å². The number of hydrogen-bond donors (Lipinski definition) is 2. The van der Waals surface area contributed by atoms with Crippen LogP contribution in [0.15, 0.2) is 36.4 Å². The maximum Gasteiger partial charge on any atom is 0.319 e. The predicted octanol–water partition coefficient (Wildman–Crippen LogP) is 6.66. The number of ether oxygens (including phenoxy) is 2. The monoisotopic (exact) mass is 464 g/mol. The van der Waals surface area contributed by atoms with Crippen molar-refractivity contribution in [3.05, 3.63) is 53.1 Å². The molecule has 0 spiro atoms. The lowest BCUT2D eigenvalue weighted by Gasteiger charge is -2.55. The van der Waals surface area contributed by atoms with Gasteiger partial charge in [0, 0.05) is 12.6 Å². The third kappa shape index (κ3) is 4.49. The Kier molecular flexibility index (Phi) is 6.84. The first kappa shape index (κ1) is 24.4. The first-order chi connectivity index (χ1) is 16.2. The van der Waals surface area contributed by atoms with E-state index in [0.29, 0.717) is 35.6 Å². The molecule has 2 aromatic rings. The van der Waals surface area contributed by atoms with Crippen LogP contribution in [-0.4, -0.2) is 26.8 Å². The summed E-state index contributed by atoms with van der Waals surface area (Å²) in [6.07, 6.45) is 5.85. The van der Waals surface area contributed by atoms with Gasteiger partial charge >= 0.3 is 6.03 Å². The Morgan fingerprint density at radius 3 is 2.59 bits per heavy atom. The van der Waals surface area contributed by atoms with E-state index in [4.69, 9.17) is 9.47 Å². The number of hydrogen-bond acceptors (Lipinski definition) is 3. The maximum absolute atomic E-state index is 12.9. The van der Waals surface area contributed by atoms with E-state index >= 15 is 0 Å². The summed E-state index contributed by atoms with van der Waals surface area (Å²) in [5.74, 6) is 2.37. The maximum atomic E-state index is 12.9. The van der Waals surface area contributed by atoms with Crippen molar-refractivity contribution in [1.82, 2.24) is 5.32 Å². The summed E-state index contributed by atoms with van der Waals surface area (Å²) in [4.78, 5) is 12.9. The number of carbonyl (C=O) groups is 1. The van der Waals surface area contributed by atoms with Gasteiger partial charge in [-0.05, 0) is 77.2 Å². The van der Waals surface area contributed by atoms with Gasteiger partial charge in [0.2, 0.25) is 0 Å². The van der Waals surface area contributed by atoms with Crippen LogP contribution in [0, 0.1) is 11.3 Å². The van der Waals surface area contributed by atoms with Crippen molar-refractivity contribution < 1.29 is 14.3 Å². The molecule has 0 aromatic heterocycles.